The number of alkyl carbamates (subject to hydrolysis) is 1. The van der Waals surface area contributed by atoms with E-state index < -0.39 is 5.60 Å². The average molecular weight is 364 g/mol. The summed E-state index contributed by atoms with van der Waals surface area (Å²) in [6, 6.07) is 3.63. The van der Waals surface area contributed by atoms with Gasteiger partial charge in [-0.15, -0.1) is 0 Å². The Morgan fingerprint density at radius 2 is 2.18 bits per heavy atom. The molecule has 1 aromatic heterocycles. The minimum Gasteiger partial charge on any atom is -0.444 e. The van der Waals surface area contributed by atoms with E-state index in [0.717, 1.165) is 24.4 Å². The number of hydrogen-bond donors (Lipinski definition) is 1. The number of carbonyl (C=O) groups excluding carboxylic acids is 1. The van der Waals surface area contributed by atoms with Gasteiger partial charge in [0.2, 0.25) is 0 Å². The van der Waals surface area contributed by atoms with Gasteiger partial charge in [0.1, 0.15) is 15.9 Å². The van der Waals surface area contributed by atoms with Gasteiger partial charge >= 0.3 is 6.09 Å². The lowest BCUT2D eigenvalue weighted by Crippen LogP contribution is -2.40. The lowest BCUT2D eigenvalue weighted by molar-refractivity contribution is 0.0507. The molecule has 1 aliphatic heterocycles. The van der Waals surface area contributed by atoms with Crippen LogP contribution in [0.15, 0.2) is 17.0 Å². The molecular weight excluding hydrogens is 345 g/mol. The molecule has 122 valence electrons. The number of carbonyl (C=O) groups is 1. The molecule has 1 fully saturated rings. The van der Waals surface area contributed by atoms with E-state index in [1.807, 2.05) is 26.8 Å². The Morgan fingerprint density at radius 3 is 2.82 bits per heavy atom. The zero-order valence-corrected chi connectivity index (χ0v) is 15.1. The van der Waals surface area contributed by atoms with Crippen LogP contribution in [0.2, 0.25) is 10.3 Å². The maximum absolute atomic E-state index is 11.8. The third-order valence-electron chi connectivity index (χ3n) is 2.88. The SMILES string of the molecule is CC(C)(C)OC(=O)NC1CCN(Sc2ccc(Cl)nc2Cl)C1. The molecule has 0 aliphatic carbocycles. The highest BCUT2D eigenvalue weighted by Crippen LogP contribution is 2.32. The Bertz CT molecular complexity index is 551. The predicted molar refractivity (Wildman–Crippen MR) is 89.5 cm³/mol. The summed E-state index contributed by atoms with van der Waals surface area (Å²) < 4.78 is 7.40. The van der Waals surface area contributed by atoms with Gasteiger partial charge in [-0.3, -0.25) is 0 Å². The van der Waals surface area contributed by atoms with Crippen LogP contribution in [0.1, 0.15) is 27.2 Å². The average Bonchev–Trinajstić information content (AvgIpc) is 2.77. The number of rotatable bonds is 3. The van der Waals surface area contributed by atoms with Crippen molar-refractivity contribution in [1.82, 2.24) is 14.6 Å². The van der Waals surface area contributed by atoms with Crippen molar-refractivity contribution in [1.29, 1.82) is 0 Å². The molecule has 2 rings (SSSR count). The molecule has 8 heteroatoms. The molecule has 5 nitrogen and oxygen atoms in total. The number of aromatic nitrogens is 1. The van der Waals surface area contributed by atoms with Crippen molar-refractivity contribution < 1.29 is 9.53 Å². The Labute approximate surface area is 144 Å². The Balaban J connectivity index is 1.84. The monoisotopic (exact) mass is 363 g/mol. The number of ether oxygens (including phenoxy) is 1. The maximum Gasteiger partial charge on any atom is 0.407 e. The fourth-order valence-electron chi connectivity index (χ4n) is 2.01. The molecule has 0 radical (unpaired) electrons. The molecule has 0 bridgehead atoms. The van der Waals surface area contributed by atoms with Crippen molar-refractivity contribution in [2.24, 2.45) is 0 Å². The van der Waals surface area contributed by atoms with E-state index in [2.05, 4.69) is 14.6 Å². The second kappa shape index (κ2) is 7.25. The molecule has 1 unspecified atom stereocenters. The summed E-state index contributed by atoms with van der Waals surface area (Å²) in [5, 5.41) is 3.65. The maximum atomic E-state index is 11.8. The summed E-state index contributed by atoms with van der Waals surface area (Å²) in [5.41, 5.74) is -0.486. The molecule has 1 amide bonds. The largest absolute Gasteiger partial charge is 0.444 e. The second-order valence-corrected chi connectivity index (χ2v) is 7.92. The third kappa shape index (κ3) is 5.50. The van der Waals surface area contributed by atoms with Crippen molar-refractivity contribution in [3.05, 3.63) is 22.4 Å². The van der Waals surface area contributed by atoms with Crippen LogP contribution in [-0.2, 0) is 4.74 Å². The van der Waals surface area contributed by atoms with Crippen molar-refractivity contribution in [2.45, 2.75) is 43.7 Å². The minimum atomic E-state index is -0.486. The molecule has 2 heterocycles. The molecule has 1 aromatic rings. The number of hydrogen-bond acceptors (Lipinski definition) is 5. The topological polar surface area (TPSA) is 54.5 Å². The quantitative estimate of drug-likeness (QED) is 0.649. The normalized spacial score (nSPS) is 19.2. The minimum absolute atomic E-state index is 0.0707. The fourth-order valence-corrected chi connectivity index (χ4v) is 3.44. The molecule has 0 aromatic carbocycles. The third-order valence-corrected chi connectivity index (χ3v) is 4.61. The molecule has 1 saturated heterocycles. The lowest BCUT2D eigenvalue weighted by atomic mass is 10.2. The highest BCUT2D eigenvalue weighted by atomic mass is 35.5. The molecule has 1 atom stereocenters. The molecular formula is C14H19Cl2N3O2S. The Morgan fingerprint density at radius 1 is 1.45 bits per heavy atom. The van der Waals surface area contributed by atoms with Crippen LogP contribution in [0.25, 0.3) is 0 Å². The van der Waals surface area contributed by atoms with Crippen LogP contribution in [0.5, 0.6) is 0 Å². The summed E-state index contributed by atoms with van der Waals surface area (Å²) in [4.78, 5) is 16.6. The van der Waals surface area contributed by atoms with Crippen LogP contribution < -0.4 is 5.32 Å². The molecule has 0 spiro atoms. The zero-order valence-electron chi connectivity index (χ0n) is 12.7. The predicted octanol–water partition coefficient (Wildman–Crippen LogP) is 3.99. The summed E-state index contributed by atoms with van der Waals surface area (Å²) in [5.74, 6) is 0. The van der Waals surface area contributed by atoms with Gasteiger partial charge in [0.15, 0.2) is 0 Å². The standard InChI is InChI=1S/C14H19Cl2N3O2S/c1-14(2,3)21-13(20)17-9-6-7-19(8-9)22-10-4-5-11(15)18-12(10)16/h4-5,9H,6-8H2,1-3H3,(H,17,20). The fraction of sp³-hybridized carbons (Fsp3) is 0.571. The van der Waals surface area contributed by atoms with E-state index in [1.54, 1.807) is 6.07 Å². The van der Waals surface area contributed by atoms with Crippen LogP contribution in [-0.4, -0.2) is 40.1 Å². The van der Waals surface area contributed by atoms with Gasteiger partial charge in [-0.2, -0.15) is 0 Å². The van der Waals surface area contributed by atoms with Gasteiger partial charge in [0.05, 0.1) is 4.90 Å². The van der Waals surface area contributed by atoms with Gasteiger partial charge in [0.25, 0.3) is 0 Å². The van der Waals surface area contributed by atoms with Crippen LogP contribution in [0.4, 0.5) is 4.79 Å². The van der Waals surface area contributed by atoms with Gasteiger partial charge < -0.3 is 10.1 Å². The van der Waals surface area contributed by atoms with E-state index in [-0.39, 0.29) is 12.1 Å². The summed E-state index contributed by atoms with van der Waals surface area (Å²) in [6.07, 6.45) is 0.487. The first-order valence-electron chi connectivity index (χ1n) is 6.97. The van der Waals surface area contributed by atoms with Crippen LogP contribution >= 0.6 is 35.1 Å². The van der Waals surface area contributed by atoms with E-state index in [0.29, 0.717) is 10.3 Å². The van der Waals surface area contributed by atoms with Gasteiger partial charge in [-0.05, 0) is 51.3 Å². The number of amides is 1. The van der Waals surface area contributed by atoms with Gasteiger partial charge in [-0.25, -0.2) is 14.1 Å². The zero-order chi connectivity index (χ0) is 16.3. The van der Waals surface area contributed by atoms with Crippen molar-refractivity contribution in [3.63, 3.8) is 0 Å². The highest BCUT2D eigenvalue weighted by Gasteiger charge is 2.27. The number of nitrogens with one attached hydrogen (secondary N) is 1. The first-order valence-corrected chi connectivity index (χ1v) is 8.50. The Kier molecular flexibility index (Phi) is 5.82. The number of halogens is 2. The lowest BCUT2D eigenvalue weighted by Gasteiger charge is -2.22. The molecule has 1 N–H and O–H groups in total. The summed E-state index contributed by atoms with van der Waals surface area (Å²) >= 11 is 13.4. The number of pyridine rings is 1. The van der Waals surface area contributed by atoms with E-state index >= 15 is 0 Å². The second-order valence-electron chi connectivity index (χ2n) is 6.03. The smallest absolute Gasteiger partial charge is 0.407 e. The summed E-state index contributed by atoms with van der Waals surface area (Å²) in [6.45, 7) is 7.11. The van der Waals surface area contributed by atoms with Gasteiger partial charge in [0, 0.05) is 19.1 Å². The van der Waals surface area contributed by atoms with Gasteiger partial charge in [-0.1, -0.05) is 23.2 Å². The van der Waals surface area contributed by atoms with Crippen LogP contribution in [0, 0.1) is 0 Å². The highest BCUT2D eigenvalue weighted by molar-refractivity contribution is 7.97. The first-order chi connectivity index (χ1) is 10.2. The van der Waals surface area contributed by atoms with Crippen LogP contribution in [0.3, 0.4) is 0 Å². The molecule has 0 saturated carbocycles. The van der Waals surface area contributed by atoms with E-state index in [1.165, 1.54) is 11.9 Å². The number of nitrogens with zero attached hydrogens (tertiary/aromatic N) is 2. The molecule has 1 aliphatic rings. The van der Waals surface area contributed by atoms with Crippen molar-refractivity contribution >= 4 is 41.2 Å². The van der Waals surface area contributed by atoms with E-state index in [9.17, 15) is 4.79 Å². The van der Waals surface area contributed by atoms with E-state index in [4.69, 9.17) is 27.9 Å². The molecule has 22 heavy (non-hydrogen) atoms. The first kappa shape index (κ1) is 17.7. The van der Waals surface area contributed by atoms with Crippen molar-refractivity contribution in [2.75, 3.05) is 13.1 Å². The Hall–Kier alpha value is -0.690. The van der Waals surface area contributed by atoms with Crippen molar-refractivity contribution in [3.8, 4) is 0 Å². The summed E-state index contributed by atoms with van der Waals surface area (Å²) in [7, 11) is 0.